The van der Waals surface area contributed by atoms with E-state index in [1.54, 1.807) is 6.07 Å². The van der Waals surface area contributed by atoms with E-state index >= 15 is 0 Å². The van der Waals surface area contributed by atoms with Crippen LogP contribution in [0.3, 0.4) is 0 Å². The number of carboxylic acid groups (broad SMARTS) is 1. The number of aliphatic carboxylic acids is 1. The maximum absolute atomic E-state index is 10.7. The van der Waals surface area contributed by atoms with Crippen LogP contribution in [0, 0.1) is 6.92 Å². The summed E-state index contributed by atoms with van der Waals surface area (Å²) in [5, 5.41) is 8.81. The number of halogens is 1. The van der Waals surface area contributed by atoms with E-state index in [0.717, 1.165) is 15.6 Å². The first kappa shape index (κ1) is 13.2. The molecule has 0 aliphatic carbocycles. The van der Waals surface area contributed by atoms with E-state index < -0.39 is 12.0 Å². The fraction of sp³-hybridized carbons (Fsp3) is 0.417. The Kier molecular flexibility index (Phi) is 3.77. The second-order valence-corrected chi connectivity index (χ2v) is 4.98. The lowest BCUT2D eigenvalue weighted by molar-refractivity contribution is -0.137. The van der Waals surface area contributed by atoms with Crippen molar-refractivity contribution in [1.82, 2.24) is 0 Å². The Balaban J connectivity index is 2.44. The SMILES string of the molecule is Cc1c2c(cc(Br)c1C(N)CC(=O)O)OCCO2. The van der Waals surface area contributed by atoms with E-state index in [0.29, 0.717) is 24.7 Å². The molecule has 0 amide bonds. The van der Waals surface area contributed by atoms with Gasteiger partial charge in [0, 0.05) is 16.1 Å². The summed E-state index contributed by atoms with van der Waals surface area (Å²) < 4.78 is 11.8. The molecule has 0 spiro atoms. The highest BCUT2D eigenvalue weighted by molar-refractivity contribution is 9.10. The highest BCUT2D eigenvalue weighted by Gasteiger charge is 2.23. The van der Waals surface area contributed by atoms with Crippen LogP contribution in [0.2, 0.25) is 0 Å². The molecule has 1 aromatic carbocycles. The maximum Gasteiger partial charge on any atom is 0.305 e. The van der Waals surface area contributed by atoms with Gasteiger partial charge in [-0.3, -0.25) is 4.79 Å². The number of ether oxygens (including phenoxy) is 2. The molecule has 0 saturated heterocycles. The van der Waals surface area contributed by atoms with E-state index in [2.05, 4.69) is 15.9 Å². The van der Waals surface area contributed by atoms with Crippen LogP contribution in [0.5, 0.6) is 11.5 Å². The number of carboxylic acids is 1. The van der Waals surface area contributed by atoms with Crippen LogP contribution in [-0.2, 0) is 4.79 Å². The summed E-state index contributed by atoms with van der Waals surface area (Å²) in [6.07, 6.45) is -0.126. The number of benzene rings is 1. The van der Waals surface area contributed by atoms with Crippen molar-refractivity contribution in [3.8, 4) is 11.5 Å². The molecule has 1 aromatic rings. The van der Waals surface area contributed by atoms with Gasteiger partial charge in [0.2, 0.25) is 0 Å². The van der Waals surface area contributed by atoms with Gasteiger partial charge >= 0.3 is 5.97 Å². The third kappa shape index (κ3) is 2.44. The van der Waals surface area contributed by atoms with Crippen LogP contribution in [0.4, 0.5) is 0 Å². The van der Waals surface area contributed by atoms with Gasteiger partial charge in [-0.2, -0.15) is 0 Å². The lowest BCUT2D eigenvalue weighted by Gasteiger charge is -2.24. The van der Waals surface area contributed by atoms with Crippen molar-refractivity contribution in [2.75, 3.05) is 13.2 Å². The van der Waals surface area contributed by atoms with Gasteiger partial charge < -0.3 is 20.3 Å². The Bertz CT molecular complexity index is 489. The summed E-state index contributed by atoms with van der Waals surface area (Å²) >= 11 is 3.41. The topological polar surface area (TPSA) is 81.8 Å². The normalized spacial score (nSPS) is 15.3. The number of fused-ring (bicyclic) bond motifs is 1. The molecule has 1 heterocycles. The number of hydrogen-bond acceptors (Lipinski definition) is 4. The monoisotopic (exact) mass is 315 g/mol. The maximum atomic E-state index is 10.7. The Morgan fingerprint density at radius 1 is 1.56 bits per heavy atom. The smallest absolute Gasteiger partial charge is 0.305 e. The second kappa shape index (κ2) is 5.16. The van der Waals surface area contributed by atoms with Crippen molar-refractivity contribution >= 4 is 21.9 Å². The fourth-order valence-electron chi connectivity index (χ4n) is 2.07. The molecule has 5 nitrogen and oxygen atoms in total. The Morgan fingerprint density at radius 2 is 2.22 bits per heavy atom. The molecule has 0 aromatic heterocycles. The average molecular weight is 316 g/mol. The van der Waals surface area contributed by atoms with Crippen molar-refractivity contribution in [3.63, 3.8) is 0 Å². The van der Waals surface area contributed by atoms with Crippen molar-refractivity contribution in [2.45, 2.75) is 19.4 Å². The quantitative estimate of drug-likeness (QED) is 0.891. The Hall–Kier alpha value is -1.27. The zero-order valence-electron chi connectivity index (χ0n) is 9.90. The minimum absolute atomic E-state index is 0.126. The number of hydrogen-bond donors (Lipinski definition) is 2. The Morgan fingerprint density at radius 3 is 2.89 bits per heavy atom. The molecular formula is C12H14BrNO4. The summed E-state index contributed by atoms with van der Waals surface area (Å²) in [5.41, 5.74) is 7.50. The summed E-state index contributed by atoms with van der Waals surface area (Å²) in [6, 6.07) is 1.20. The predicted molar refractivity (Wildman–Crippen MR) is 69.1 cm³/mol. The van der Waals surface area contributed by atoms with E-state index in [9.17, 15) is 4.79 Å². The van der Waals surface area contributed by atoms with Crippen LogP contribution in [0.15, 0.2) is 10.5 Å². The molecule has 0 saturated carbocycles. The molecule has 2 rings (SSSR count). The molecule has 0 fully saturated rings. The van der Waals surface area contributed by atoms with Crippen LogP contribution >= 0.6 is 15.9 Å². The third-order valence-corrected chi connectivity index (χ3v) is 3.49. The minimum atomic E-state index is -0.927. The van der Waals surface area contributed by atoms with Crippen LogP contribution in [-0.4, -0.2) is 24.3 Å². The van der Waals surface area contributed by atoms with Crippen LogP contribution in [0.25, 0.3) is 0 Å². The van der Waals surface area contributed by atoms with E-state index in [-0.39, 0.29) is 6.42 Å². The van der Waals surface area contributed by atoms with Gasteiger partial charge in [0.1, 0.15) is 13.2 Å². The molecule has 98 valence electrons. The first-order chi connectivity index (χ1) is 8.50. The van der Waals surface area contributed by atoms with Crippen LogP contribution < -0.4 is 15.2 Å². The highest BCUT2D eigenvalue weighted by atomic mass is 79.9. The van der Waals surface area contributed by atoms with Gasteiger partial charge in [-0.15, -0.1) is 0 Å². The van der Waals surface area contributed by atoms with Gasteiger partial charge in [0.15, 0.2) is 11.5 Å². The second-order valence-electron chi connectivity index (χ2n) is 4.13. The van der Waals surface area contributed by atoms with Gasteiger partial charge in [-0.1, -0.05) is 15.9 Å². The standard InChI is InChI=1S/C12H14BrNO4/c1-6-11(8(14)5-10(15)16)7(13)4-9-12(6)18-3-2-17-9/h4,8H,2-3,5,14H2,1H3,(H,15,16). The molecule has 0 radical (unpaired) electrons. The molecule has 1 atom stereocenters. The predicted octanol–water partition coefficient (Wildman–Crippen LogP) is 2.00. The number of carbonyl (C=O) groups is 1. The molecule has 6 heteroatoms. The lowest BCUT2D eigenvalue weighted by atomic mass is 9.98. The zero-order chi connectivity index (χ0) is 13.3. The summed E-state index contributed by atoms with van der Waals surface area (Å²) in [4.78, 5) is 10.7. The van der Waals surface area contributed by atoms with E-state index in [4.69, 9.17) is 20.3 Å². The lowest BCUT2D eigenvalue weighted by Crippen LogP contribution is -2.20. The third-order valence-electron chi connectivity index (χ3n) is 2.84. The molecule has 3 N–H and O–H groups in total. The van der Waals surface area contributed by atoms with Gasteiger partial charge in [0.05, 0.1) is 6.42 Å². The summed E-state index contributed by atoms with van der Waals surface area (Å²) in [5.74, 6) is 0.390. The molecule has 0 bridgehead atoms. The zero-order valence-corrected chi connectivity index (χ0v) is 11.5. The van der Waals surface area contributed by atoms with Gasteiger partial charge in [0.25, 0.3) is 0 Å². The molecule has 1 unspecified atom stereocenters. The van der Waals surface area contributed by atoms with E-state index in [1.165, 1.54) is 0 Å². The molecular weight excluding hydrogens is 302 g/mol. The molecule has 18 heavy (non-hydrogen) atoms. The largest absolute Gasteiger partial charge is 0.486 e. The Labute approximate surface area is 113 Å². The van der Waals surface area contributed by atoms with Crippen molar-refractivity contribution in [3.05, 3.63) is 21.7 Å². The number of nitrogens with two attached hydrogens (primary N) is 1. The van der Waals surface area contributed by atoms with Crippen molar-refractivity contribution in [2.24, 2.45) is 5.73 Å². The first-order valence-electron chi connectivity index (χ1n) is 5.56. The summed E-state index contributed by atoms with van der Waals surface area (Å²) in [7, 11) is 0. The molecule has 1 aliphatic heterocycles. The highest BCUT2D eigenvalue weighted by Crippen LogP contribution is 2.41. The van der Waals surface area contributed by atoms with Crippen molar-refractivity contribution < 1.29 is 19.4 Å². The van der Waals surface area contributed by atoms with E-state index in [1.807, 2.05) is 6.92 Å². The molecule has 1 aliphatic rings. The summed E-state index contributed by atoms with van der Waals surface area (Å²) in [6.45, 7) is 2.86. The van der Waals surface area contributed by atoms with Gasteiger partial charge in [-0.05, 0) is 18.6 Å². The minimum Gasteiger partial charge on any atom is -0.486 e. The number of rotatable bonds is 3. The van der Waals surface area contributed by atoms with Gasteiger partial charge in [-0.25, -0.2) is 0 Å². The van der Waals surface area contributed by atoms with Crippen molar-refractivity contribution in [1.29, 1.82) is 0 Å². The average Bonchev–Trinajstić information content (AvgIpc) is 2.27. The van der Waals surface area contributed by atoms with Crippen LogP contribution in [0.1, 0.15) is 23.6 Å². The fourth-order valence-corrected chi connectivity index (χ4v) is 2.87. The first-order valence-corrected chi connectivity index (χ1v) is 6.36.